The molecule has 0 spiro atoms. The average Bonchev–Trinajstić information content (AvgIpc) is 2.34. The van der Waals surface area contributed by atoms with Crippen LogP contribution >= 0.6 is 12.4 Å². The van der Waals surface area contributed by atoms with Crippen LogP contribution < -0.4 is 11.1 Å². The second kappa shape index (κ2) is 8.21. The van der Waals surface area contributed by atoms with E-state index in [0.29, 0.717) is 5.56 Å². The average molecular weight is 327 g/mol. The lowest BCUT2D eigenvalue weighted by Crippen LogP contribution is -2.21. The first-order valence-corrected chi connectivity index (χ1v) is 6.05. The Morgan fingerprint density at radius 2 is 1.95 bits per heavy atom. The molecule has 0 saturated heterocycles. The standard InChI is InChI=1S/C13H17F3N2O2.ClH/c1-8(2)20-7-12(19)18-11-4-9(6-17)3-10(5-11)13(14,15)16;/h3-5,8H,6-7,17H2,1-2H3,(H,18,19);1H. The zero-order valence-electron chi connectivity index (χ0n) is 11.7. The van der Waals surface area contributed by atoms with Gasteiger partial charge in [-0.25, -0.2) is 0 Å². The van der Waals surface area contributed by atoms with Gasteiger partial charge in [0.2, 0.25) is 5.91 Å². The number of ether oxygens (including phenoxy) is 1. The van der Waals surface area contributed by atoms with E-state index < -0.39 is 17.6 Å². The van der Waals surface area contributed by atoms with Crippen LogP contribution in [0.3, 0.4) is 0 Å². The summed E-state index contributed by atoms with van der Waals surface area (Å²) in [5, 5.41) is 2.36. The van der Waals surface area contributed by atoms with Crippen LogP contribution in [0.2, 0.25) is 0 Å². The molecule has 3 N–H and O–H groups in total. The summed E-state index contributed by atoms with van der Waals surface area (Å²) in [5.41, 5.74) is 4.85. The van der Waals surface area contributed by atoms with E-state index in [1.165, 1.54) is 6.07 Å². The van der Waals surface area contributed by atoms with E-state index in [9.17, 15) is 18.0 Å². The first-order valence-electron chi connectivity index (χ1n) is 6.05. The first kappa shape index (κ1) is 19.7. The summed E-state index contributed by atoms with van der Waals surface area (Å²) in [4.78, 5) is 11.5. The molecule has 0 aliphatic rings. The summed E-state index contributed by atoms with van der Waals surface area (Å²) in [6.07, 6.45) is -4.62. The normalized spacial score (nSPS) is 11.2. The molecule has 0 radical (unpaired) electrons. The van der Waals surface area contributed by atoms with Gasteiger partial charge in [0.25, 0.3) is 0 Å². The van der Waals surface area contributed by atoms with Crippen molar-refractivity contribution in [2.24, 2.45) is 5.73 Å². The lowest BCUT2D eigenvalue weighted by atomic mass is 10.1. The summed E-state index contributed by atoms with van der Waals surface area (Å²) in [6, 6.07) is 3.23. The fourth-order valence-corrected chi connectivity index (χ4v) is 1.49. The molecular formula is C13H18ClF3N2O2. The monoisotopic (exact) mass is 326 g/mol. The highest BCUT2D eigenvalue weighted by atomic mass is 35.5. The number of hydrogen-bond acceptors (Lipinski definition) is 3. The Bertz CT molecular complexity index is 479. The Morgan fingerprint density at radius 1 is 1.33 bits per heavy atom. The van der Waals surface area contributed by atoms with E-state index in [1.807, 2.05) is 0 Å². The van der Waals surface area contributed by atoms with Crippen LogP contribution in [-0.4, -0.2) is 18.6 Å². The van der Waals surface area contributed by atoms with Crippen LogP contribution in [-0.2, 0) is 22.3 Å². The fraction of sp³-hybridized carbons (Fsp3) is 0.462. The highest BCUT2D eigenvalue weighted by Crippen LogP contribution is 2.31. The smallest absolute Gasteiger partial charge is 0.369 e. The predicted molar refractivity (Wildman–Crippen MR) is 76.3 cm³/mol. The number of amides is 1. The number of carbonyl (C=O) groups excluding carboxylic acids is 1. The maximum absolute atomic E-state index is 12.7. The third-order valence-electron chi connectivity index (χ3n) is 2.39. The van der Waals surface area contributed by atoms with Gasteiger partial charge >= 0.3 is 6.18 Å². The Kier molecular flexibility index (Phi) is 7.70. The molecule has 0 saturated carbocycles. The summed E-state index contributed by atoms with van der Waals surface area (Å²) < 4.78 is 43.2. The lowest BCUT2D eigenvalue weighted by molar-refractivity contribution is -0.137. The van der Waals surface area contributed by atoms with Crippen LogP contribution in [0.25, 0.3) is 0 Å². The molecule has 0 aliphatic heterocycles. The molecular weight excluding hydrogens is 309 g/mol. The van der Waals surface area contributed by atoms with E-state index >= 15 is 0 Å². The number of nitrogens with one attached hydrogen (secondary N) is 1. The number of carbonyl (C=O) groups is 1. The lowest BCUT2D eigenvalue weighted by Gasteiger charge is -2.13. The second-order valence-electron chi connectivity index (χ2n) is 4.53. The van der Waals surface area contributed by atoms with Gasteiger partial charge in [-0.2, -0.15) is 13.2 Å². The number of benzene rings is 1. The van der Waals surface area contributed by atoms with Gasteiger partial charge in [0.05, 0.1) is 11.7 Å². The SMILES string of the molecule is CC(C)OCC(=O)Nc1cc(CN)cc(C(F)(F)F)c1.Cl. The Hall–Kier alpha value is -1.31. The fourth-order valence-electron chi connectivity index (χ4n) is 1.49. The zero-order valence-corrected chi connectivity index (χ0v) is 12.5. The van der Waals surface area contributed by atoms with Gasteiger partial charge < -0.3 is 15.8 Å². The van der Waals surface area contributed by atoms with Gasteiger partial charge in [0, 0.05) is 12.2 Å². The Morgan fingerprint density at radius 3 is 2.43 bits per heavy atom. The van der Waals surface area contributed by atoms with Crippen LogP contribution in [0.15, 0.2) is 18.2 Å². The highest BCUT2D eigenvalue weighted by molar-refractivity contribution is 5.91. The van der Waals surface area contributed by atoms with Crippen molar-refractivity contribution in [3.63, 3.8) is 0 Å². The molecule has 0 aliphatic carbocycles. The van der Waals surface area contributed by atoms with E-state index in [1.54, 1.807) is 13.8 Å². The largest absolute Gasteiger partial charge is 0.416 e. The summed E-state index contributed by atoms with van der Waals surface area (Å²) in [5.74, 6) is -0.513. The summed E-state index contributed by atoms with van der Waals surface area (Å²) >= 11 is 0. The van der Waals surface area contributed by atoms with Crippen molar-refractivity contribution in [1.82, 2.24) is 0 Å². The molecule has 0 heterocycles. The topological polar surface area (TPSA) is 64.3 Å². The molecule has 1 aromatic carbocycles. The van der Waals surface area contributed by atoms with Crippen LogP contribution in [0.1, 0.15) is 25.0 Å². The Labute approximate surface area is 127 Å². The molecule has 0 atom stereocenters. The third-order valence-corrected chi connectivity index (χ3v) is 2.39. The van der Waals surface area contributed by atoms with Gasteiger partial charge in [-0.15, -0.1) is 12.4 Å². The minimum absolute atomic E-state index is 0. The van der Waals surface area contributed by atoms with Crippen molar-refractivity contribution in [2.75, 3.05) is 11.9 Å². The van der Waals surface area contributed by atoms with Gasteiger partial charge in [0.1, 0.15) is 6.61 Å². The molecule has 0 aromatic heterocycles. The van der Waals surface area contributed by atoms with Crippen molar-refractivity contribution < 1.29 is 22.7 Å². The van der Waals surface area contributed by atoms with Crippen molar-refractivity contribution in [2.45, 2.75) is 32.7 Å². The van der Waals surface area contributed by atoms with Gasteiger partial charge in [-0.3, -0.25) is 4.79 Å². The van der Waals surface area contributed by atoms with Crippen LogP contribution in [0.5, 0.6) is 0 Å². The molecule has 1 amide bonds. The Balaban J connectivity index is 0.00000400. The van der Waals surface area contributed by atoms with Crippen LogP contribution in [0, 0.1) is 0 Å². The molecule has 4 nitrogen and oxygen atoms in total. The van der Waals surface area contributed by atoms with E-state index in [-0.39, 0.29) is 37.4 Å². The summed E-state index contributed by atoms with van der Waals surface area (Å²) in [6.45, 7) is 3.25. The minimum Gasteiger partial charge on any atom is -0.369 e. The van der Waals surface area contributed by atoms with Crippen molar-refractivity contribution in [3.8, 4) is 0 Å². The number of rotatable bonds is 5. The third kappa shape index (κ3) is 6.79. The molecule has 1 aromatic rings. The first-order chi connectivity index (χ1) is 9.22. The van der Waals surface area contributed by atoms with E-state index in [2.05, 4.69) is 5.32 Å². The van der Waals surface area contributed by atoms with Gasteiger partial charge in [0.15, 0.2) is 0 Å². The van der Waals surface area contributed by atoms with Crippen molar-refractivity contribution >= 4 is 24.0 Å². The van der Waals surface area contributed by atoms with Crippen molar-refractivity contribution in [3.05, 3.63) is 29.3 Å². The predicted octanol–water partition coefficient (Wildman–Crippen LogP) is 2.95. The molecule has 0 unspecified atom stereocenters. The van der Waals surface area contributed by atoms with Crippen LogP contribution in [0.4, 0.5) is 18.9 Å². The number of nitrogens with two attached hydrogens (primary N) is 1. The molecule has 1 rings (SSSR count). The molecule has 120 valence electrons. The molecule has 0 fully saturated rings. The van der Waals surface area contributed by atoms with E-state index in [4.69, 9.17) is 10.5 Å². The quantitative estimate of drug-likeness (QED) is 0.874. The maximum Gasteiger partial charge on any atom is 0.416 e. The number of alkyl halides is 3. The minimum atomic E-state index is -4.49. The highest BCUT2D eigenvalue weighted by Gasteiger charge is 2.31. The number of halogens is 4. The van der Waals surface area contributed by atoms with Gasteiger partial charge in [-0.05, 0) is 37.6 Å². The number of hydrogen-bond donors (Lipinski definition) is 2. The maximum atomic E-state index is 12.7. The molecule has 21 heavy (non-hydrogen) atoms. The number of anilines is 1. The van der Waals surface area contributed by atoms with Gasteiger partial charge in [-0.1, -0.05) is 0 Å². The zero-order chi connectivity index (χ0) is 15.3. The van der Waals surface area contributed by atoms with Crippen molar-refractivity contribution in [1.29, 1.82) is 0 Å². The second-order valence-corrected chi connectivity index (χ2v) is 4.53. The van der Waals surface area contributed by atoms with E-state index in [0.717, 1.165) is 12.1 Å². The molecule has 0 bridgehead atoms. The summed E-state index contributed by atoms with van der Waals surface area (Å²) in [7, 11) is 0. The molecule has 8 heteroatoms.